The van der Waals surface area contributed by atoms with Gasteiger partial charge < -0.3 is 19.7 Å². The molecule has 8 heteroatoms. The number of nitrogens with zero attached hydrogens (tertiary/aromatic N) is 1. The zero-order chi connectivity index (χ0) is 23.9. The van der Waals surface area contributed by atoms with E-state index in [2.05, 4.69) is 24.1 Å². The highest BCUT2D eigenvalue weighted by atomic mass is 35.5. The third kappa shape index (κ3) is 12.5. The van der Waals surface area contributed by atoms with Crippen molar-refractivity contribution in [2.45, 2.75) is 66.0 Å². The first-order valence-electron chi connectivity index (χ1n) is 12.3. The number of ether oxygens (including phenoxy) is 2. The summed E-state index contributed by atoms with van der Waals surface area (Å²) in [6.45, 7) is 12.2. The van der Waals surface area contributed by atoms with Crippen LogP contribution in [0, 0.1) is 5.82 Å². The normalized spacial score (nSPS) is 10.6. The standard InChI is InChI=1S/C27H40ClFN2O2.2ClH/c1-4-7-15-31(16-8-5-2)17-11-14-30-20-22-18-24(28)27(26(19-22)32-6-3)33-21-23-12-9-10-13-25(23)29;;/h9-10,12-13,18-19,30H,4-8,11,14-17,20-21H2,1-3H3;2*1H. The maximum Gasteiger partial charge on any atom is 0.180 e. The Hall–Kier alpha value is -1.24. The van der Waals surface area contributed by atoms with Crippen LogP contribution in [0.4, 0.5) is 4.39 Å². The Balaban J connectivity index is 0.00000578. The number of benzene rings is 2. The lowest BCUT2D eigenvalue weighted by Crippen LogP contribution is -2.29. The summed E-state index contributed by atoms with van der Waals surface area (Å²) >= 11 is 6.52. The number of unbranched alkanes of at least 4 members (excludes halogenated alkanes) is 2. The van der Waals surface area contributed by atoms with Gasteiger partial charge in [0.05, 0.1) is 11.6 Å². The molecule has 0 aromatic heterocycles. The first-order valence-corrected chi connectivity index (χ1v) is 12.7. The molecule has 2 rings (SSSR count). The fraction of sp³-hybridized carbons (Fsp3) is 0.556. The minimum Gasteiger partial charge on any atom is -0.490 e. The molecule has 1 N–H and O–H groups in total. The molecule has 0 amide bonds. The molecule has 0 fully saturated rings. The van der Waals surface area contributed by atoms with Crippen LogP contribution in [-0.4, -0.2) is 37.7 Å². The first-order chi connectivity index (χ1) is 16.1. The lowest BCUT2D eigenvalue weighted by atomic mass is 10.2. The molecule has 35 heavy (non-hydrogen) atoms. The smallest absolute Gasteiger partial charge is 0.180 e. The second kappa shape index (κ2) is 19.9. The van der Waals surface area contributed by atoms with Crippen LogP contribution >= 0.6 is 36.4 Å². The highest BCUT2D eigenvalue weighted by Gasteiger charge is 2.14. The lowest BCUT2D eigenvalue weighted by Gasteiger charge is -2.22. The molecule has 0 aliphatic heterocycles. The van der Waals surface area contributed by atoms with Crippen molar-refractivity contribution in [1.29, 1.82) is 0 Å². The monoisotopic (exact) mass is 550 g/mol. The molecule has 0 unspecified atom stereocenters. The van der Waals surface area contributed by atoms with Gasteiger partial charge in [-0.05, 0) is 76.1 Å². The molecule has 0 spiro atoms. The van der Waals surface area contributed by atoms with Crippen molar-refractivity contribution in [3.63, 3.8) is 0 Å². The molecule has 0 saturated carbocycles. The van der Waals surface area contributed by atoms with E-state index >= 15 is 0 Å². The summed E-state index contributed by atoms with van der Waals surface area (Å²) in [4.78, 5) is 2.58. The van der Waals surface area contributed by atoms with Crippen molar-refractivity contribution in [2.75, 3.05) is 32.8 Å². The lowest BCUT2D eigenvalue weighted by molar-refractivity contribution is 0.261. The van der Waals surface area contributed by atoms with Crippen LogP contribution in [0.2, 0.25) is 5.02 Å². The third-order valence-corrected chi connectivity index (χ3v) is 5.79. The summed E-state index contributed by atoms with van der Waals surface area (Å²) in [6.07, 6.45) is 6.12. The molecular formula is C27H42Cl3FN2O2. The summed E-state index contributed by atoms with van der Waals surface area (Å²) < 4.78 is 25.6. The summed E-state index contributed by atoms with van der Waals surface area (Å²) in [7, 11) is 0. The van der Waals surface area contributed by atoms with Crippen molar-refractivity contribution in [3.8, 4) is 11.5 Å². The molecule has 0 bridgehead atoms. The van der Waals surface area contributed by atoms with E-state index in [4.69, 9.17) is 21.1 Å². The van der Waals surface area contributed by atoms with Crippen LogP contribution in [0.25, 0.3) is 0 Å². The third-order valence-electron chi connectivity index (χ3n) is 5.51. The maximum absolute atomic E-state index is 13.9. The molecule has 0 heterocycles. The minimum absolute atomic E-state index is 0. The van der Waals surface area contributed by atoms with E-state index in [1.165, 1.54) is 44.8 Å². The Labute approximate surface area is 228 Å². The van der Waals surface area contributed by atoms with Crippen LogP contribution in [0.15, 0.2) is 36.4 Å². The van der Waals surface area contributed by atoms with Crippen LogP contribution in [-0.2, 0) is 13.2 Å². The largest absolute Gasteiger partial charge is 0.490 e. The van der Waals surface area contributed by atoms with Gasteiger partial charge in [-0.3, -0.25) is 0 Å². The highest BCUT2D eigenvalue weighted by molar-refractivity contribution is 6.32. The van der Waals surface area contributed by atoms with Gasteiger partial charge in [-0.25, -0.2) is 4.39 Å². The van der Waals surface area contributed by atoms with Crippen LogP contribution in [0.5, 0.6) is 11.5 Å². The van der Waals surface area contributed by atoms with Crippen LogP contribution in [0.3, 0.4) is 0 Å². The SMILES string of the molecule is CCCCN(CCCC)CCCNCc1cc(Cl)c(OCc2ccccc2F)c(OCC)c1.Cl.Cl. The number of nitrogens with one attached hydrogen (secondary N) is 1. The molecule has 200 valence electrons. The van der Waals surface area contributed by atoms with Crippen molar-refractivity contribution in [2.24, 2.45) is 0 Å². The zero-order valence-electron chi connectivity index (χ0n) is 21.3. The second-order valence-electron chi connectivity index (χ2n) is 8.30. The van der Waals surface area contributed by atoms with E-state index in [-0.39, 0.29) is 37.2 Å². The Kier molecular flexibility index (Phi) is 19.2. The number of hydrogen-bond donors (Lipinski definition) is 1. The number of halogens is 4. The van der Waals surface area contributed by atoms with Gasteiger partial charge in [-0.2, -0.15) is 0 Å². The first kappa shape index (κ1) is 33.8. The molecule has 2 aromatic carbocycles. The average Bonchev–Trinajstić information content (AvgIpc) is 2.80. The molecule has 0 aliphatic rings. The van der Waals surface area contributed by atoms with E-state index in [0.29, 0.717) is 35.2 Å². The van der Waals surface area contributed by atoms with Crippen molar-refractivity contribution < 1.29 is 13.9 Å². The molecular weight excluding hydrogens is 510 g/mol. The molecule has 0 atom stereocenters. The van der Waals surface area contributed by atoms with Gasteiger partial charge in [0.2, 0.25) is 0 Å². The second-order valence-corrected chi connectivity index (χ2v) is 8.70. The topological polar surface area (TPSA) is 33.7 Å². The van der Waals surface area contributed by atoms with Gasteiger partial charge in [0.25, 0.3) is 0 Å². The van der Waals surface area contributed by atoms with Crippen LogP contribution in [0.1, 0.15) is 64.0 Å². The number of hydrogen-bond acceptors (Lipinski definition) is 4. The van der Waals surface area contributed by atoms with Gasteiger partial charge in [0.15, 0.2) is 11.5 Å². The Bertz CT molecular complexity index is 819. The summed E-state index contributed by atoms with van der Waals surface area (Å²) in [5.41, 5.74) is 1.52. The Morgan fingerprint density at radius 3 is 2.20 bits per heavy atom. The minimum atomic E-state index is -0.296. The van der Waals surface area contributed by atoms with Gasteiger partial charge in [-0.15, -0.1) is 24.8 Å². The van der Waals surface area contributed by atoms with E-state index < -0.39 is 0 Å². The van der Waals surface area contributed by atoms with Crippen molar-refractivity contribution in [3.05, 3.63) is 58.4 Å². The Morgan fingerprint density at radius 1 is 0.914 bits per heavy atom. The maximum atomic E-state index is 13.9. The zero-order valence-corrected chi connectivity index (χ0v) is 23.7. The van der Waals surface area contributed by atoms with E-state index in [0.717, 1.165) is 25.1 Å². The predicted molar refractivity (Wildman–Crippen MR) is 150 cm³/mol. The van der Waals surface area contributed by atoms with Crippen LogP contribution < -0.4 is 14.8 Å². The van der Waals surface area contributed by atoms with E-state index in [9.17, 15) is 4.39 Å². The molecule has 0 aliphatic carbocycles. The van der Waals surface area contributed by atoms with Crippen molar-refractivity contribution >= 4 is 36.4 Å². The number of rotatable bonds is 17. The summed E-state index contributed by atoms with van der Waals surface area (Å²) in [5, 5.41) is 3.99. The van der Waals surface area contributed by atoms with Gasteiger partial charge in [0, 0.05) is 12.1 Å². The van der Waals surface area contributed by atoms with E-state index in [1.54, 1.807) is 18.2 Å². The van der Waals surface area contributed by atoms with Gasteiger partial charge >= 0.3 is 0 Å². The molecule has 4 nitrogen and oxygen atoms in total. The van der Waals surface area contributed by atoms with Crippen molar-refractivity contribution in [1.82, 2.24) is 10.2 Å². The molecule has 0 saturated heterocycles. The van der Waals surface area contributed by atoms with Gasteiger partial charge in [0.1, 0.15) is 12.4 Å². The Morgan fingerprint density at radius 2 is 1.57 bits per heavy atom. The van der Waals surface area contributed by atoms with Gasteiger partial charge in [-0.1, -0.05) is 56.5 Å². The molecule has 0 radical (unpaired) electrons. The summed E-state index contributed by atoms with van der Waals surface area (Å²) in [5.74, 6) is 0.742. The molecule has 2 aromatic rings. The fourth-order valence-electron chi connectivity index (χ4n) is 3.65. The summed E-state index contributed by atoms with van der Waals surface area (Å²) in [6, 6.07) is 10.4. The van der Waals surface area contributed by atoms with E-state index in [1.807, 2.05) is 19.1 Å². The fourth-order valence-corrected chi connectivity index (χ4v) is 3.94. The average molecular weight is 552 g/mol. The highest BCUT2D eigenvalue weighted by Crippen LogP contribution is 2.37. The predicted octanol–water partition coefficient (Wildman–Crippen LogP) is 7.68. The quantitative estimate of drug-likeness (QED) is 0.204.